The molecule has 3 nitrogen and oxygen atoms in total. The van der Waals surface area contributed by atoms with Crippen LogP contribution in [0.25, 0.3) is 0 Å². The van der Waals surface area contributed by atoms with Crippen molar-refractivity contribution in [1.29, 1.82) is 0 Å². The summed E-state index contributed by atoms with van der Waals surface area (Å²) in [4.78, 5) is 0. The van der Waals surface area contributed by atoms with Crippen molar-refractivity contribution in [3.63, 3.8) is 0 Å². The van der Waals surface area contributed by atoms with Crippen molar-refractivity contribution in [1.82, 2.24) is 5.32 Å². The van der Waals surface area contributed by atoms with Gasteiger partial charge in [-0.3, -0.25) is 0 Å². The summed E-state index contributed by atoms with van der Waals surface area (Å²) in [7, 11) is 0. The number of aliphatic hydroxyl groups excluding tert-OH is 1. The van der Waals surface area contributed by atoms with E-state index in [1.807, 2.05) is 0 Å². The number of nitrogens with one attached hydrogen (secondary N) is 1. The molecule has 0 spiro atoms. The first-order valence-corrected chi connectivity index (χ1v) is 6.81. The summed E-state index contributed by atoms with van der Waals surface area (Å²) in [5.74, 6) is 1.64. The number of hydrogen-bond donors (Lipinski definition) is 2. The predicted octanol–water partition coefficient (Wildman–Crippen LogP) is 1.55. The van der Waals surface area contributed by atoms with Gasteiger partial charge in [0.15, 0.2) is 0 Å². The van der Waals surface area contributed by atoms with Crippen molar-refractivity contribution < 1.29 is 9.84 Å². The van der Waals surface area contributed by atoms with Crippen molar-refractivity contribution in [3.8, 4) is 0 Å². The van der Waals surface area contributed by atoms with Crippen LogP contribution in [0, 0.1) is 11.8 Å². The molecular formula is C13H25NO2. The molecule has 1 atom stereocenters. The third kappa shape index (κ3) is 4.81. The van der Waals surface area contributed by atoms with Gasteiger partial charge in [0.2, 0.25) is 0 Å². The fourth-order valence-corrected chi connectivity index (χ4v) is 2.38. The molecule has 0 heterocycles. The lowest BCUT2D eigenvalue weighted by Gasteiger charge is -2.14. The van der Waals surface area contributed by atoms with Crippen molar-refractivity contribution in [2.45, 2.75) is 44.6 Å². The Kier molecular flexibility index (Phi) is 5.07. The first-order valence-electron chi connectivity index (χ1n) is 6.81. The largest absolute Gasteiger partial charge is 0.389 e. The van der Waals surface area contributed by atoms with Crippen LogP contribution in [0.15, 0.2) is 0 Å². The minimum Gasteiger partial charge on any atom is -0.389 e. The molecule has 1 unspecified atom stereocenters. The second-order valence-corrected chi connectivity index (χ2v) is 5.44. The summed E-state index contributed by atoms with van der Waals surface area (Å²) in [6, 6.07) is 0. The Bertz CT molecular complexity index is 188. The van der Waals surface area contributed by atoms with Crippen LogP contribution in [0.3, 0.4) is 0 Å². The van der Waals surface area contributed by atoms with Gasteiger partial charge in [0, 0.05) is 13.2 Å². The molecule has 2 rings (SSSR count). The molecule has 0 radical (unpaired) electrons. The molecule has 2 saturated carbocycles. The van der Waals surface area contributed by atoms with Gasteiger partial charge < -0.3 is 15.2 Å². The fourth-order valence-electron chi connectivity index (χ4n) is 2.38. The third-order valence-corrected chi connectivity index (χ3v) is 3.65. The van der Waals surface area contributed by atoms with E-state index in [4.69, 9.17) is 4.74 Å². The van der Waals surface area contributed by atoms with Gasteiger partial charge in [0.1, 0.15) is 0 Å². The van der Waals surface area contributed by atoms with Gasteiger partial charge in [-0.2, -0.15) is 0 Å². The standard InChI is InChI=1S/C13H25NO2/c15-13(10-16-9-12-5-6-12)8-14-7-11-3-1-2-4-11/h11-15H,1-10H2. The van der Waals surface area contributed by atoms with E-state index >= 15 is 0 Å². The molecule has 0 aromatic rings. The van der Waals surface area contributed by atoms with Gasteiger partial charge in [-0.15, -0.1) is 0 Å². The molecule has 3 heteroatoms. The molecule has 0 aromatic heterocycles. The molecule has 0 saturated heterocycles. The van der Waals surface area contributed by atoms with E-state index < -0.39 is 0 Å². The minimum atomic E-state index is -0.333. The molecule has 0 aromatic carbocycles. The highest BCUT2D eigenvalue weighted by Gasteiger charge is 2.21. The Labute approximate surface area is 98.6 Å². The van der Waals surface area contributed by atoms with Crippen molar-refractivity contribution >= 4 is 0 Å². The first kappa shape index (κ1) is 12.3. The van der Waals surface area contributed by atoms with Crippen molar-refractivity contribution in [3.05, 3.63) is 0 Å². The van der Waals surface area contributed by atoms with E-state index in [1.165, 1.54) is 38.5 Å². The quantitative estimate of drug-likeness (QED) is 0.661. The van der Waals surface area contributed by atoms with E-state index in [1.54, 1.807) is 0 Å². The van der Waals surface area contributed by atoms with Gasteiger partial charge in [-0.1, -0.05) is 12.8 Å². The number of aliphatic hydroxyl groups is 1. The van der Waals surface area contributed by atoms with Gasteiger partial charge in [-0.25, -0.2) is 0 Å². The lowest BCUT2D eigenvalue weighted by atomic mass is 10.1. The molecule has 0 aliphatic heterocycles. The van der Waals surface area contributed by atoms with Crippen LogP contribution >= 0.6 is 0 Å². The van der Waals surface area contributed by atoms with Crippen molar-refractivity contribution in [2.75, 3.05) is 26.3 Å². The Morgan fingerprint density at radius 1 is 1.12 bits per heavy atom. The maximum atomic E-state index is 9.67. The Morgan fingerprint density at radius 2 is 1.88 bits per heavy atom. The Morgan fingerprint density at radius 3 is 2.56 bits per heavy atom. The fraction of sp³-hybridized carbons (Fsp3) is 1.00. The van der Waals surface area contributed by atoms with Gasteiger partial charge >= 0.3 is 0 Å². The number of hydrogen-bond acceptors (Lipinski definition) is 3. The van der Waals surface area contributed by atoms with Crippen molar-refractivity contribution in [2.24, 2.45) is 11.8 Å². The monoisotopic (exact) mass is 227 g/mol. The lowest BCUT2D eigenvalue weighted by molar-refractivity contribution is 0.0322. The smallest absolute Gasteiger partial charge is 0.0897 e. The first-order chi connectivity index (χ1) is 7.84. The van der Waals surface area contributed by atoms with Crippen LogP contribution in [-0.4, -0.2) is 37.5 Å². The molecule has 2 N–H and O–H groups in total. The molecule has 94 valence electrons. The van der Waals surface area contributed by atoms with E-state index in [0.29, 0.717) is 13.2 Å². The van der Waals surface area contributed by atoms with Gasteiger partial charge in [-0.05, 0) is 44.1 Å². The third-order valence-electron chi connectivity index (χ3n) is 3.65. The summed E-state index contributed by atoms with van der Waals surface area (Å²) in [6.45, 7) is 3.09. The second-order valence-electron chi connectivity index (χ2n) is 5.44. The van der Waals surface area contributed by atoms with Crippen LogP contribution in [0.2, 0.25) is 0 Å². The molecule has 0 bridgehead atoms. The van der Waals surface area contributed by atoms with E-state index in [2.05, 4.69) is 5.32 Å². The molecular weight excluding hydrogens is 202 g/mol. The highest BCUT2D eigenvalue weighted by atomic mass is 16.5. The molecule has 16 heavy (non-hydrogen) atoms. The minimum absolute atomic E-state index is 0.333. The average Bonchev–Trinajstić information content (AvgIpc) is 2.94. The SMILES string of the molecule is OC(CNCC1CCCC1)COCC1CC1. The normalized spacial score (nSPS) is 23.8. The predicted molar refractivity (Wildman–Crippen MR) is 64.4 cm³/mol. The Hall–Kier alpha value is -0.120. The van der Waals surface area contributed by atoms with Crippen LogP contribution in [0.1, 0.15) is 38.5 Å². The zero-order valence-corrected chi connectivity index (χ0v) is 10.2. The van der Waals surface area contributed by atoms with Gasteiger partial charge in [0.05, 0.1) is 12.7 Å². The maximum Gasteiger partial charge on any atom is 0.0897 e. The summed E-state index contributed by atoms with van der Waals surface area (Å²) in [5.41, 5.74) is 0. The van der Waals surface area contributed by atoms with Crippen LogP contribution in [-0.2, 0) is 4.74 Å². The summed E-state index contributed by atoms with van der Waals surface area (Å²) in [6.07, 6.45) is 7.80. The van der Waals surface area contributed by atoms with Crippen LogP contribution in [0.5, 0.6) is 0 Å². The maximum absolute atomic E-state index is 9.67. The topological polar surface area (TPSA) is 41.5 Å². The van der Waals surface area contributed by atoms with E-state index in [0.717, 1.165) is 25.0 Å². The average molecular weight is 227 g/mol. The van der Waals surface area contributed by atoms with E-state index in [-0.39, 0.29) is 6.10 Å². The Balaban J connectivity index is 1.41. The summed E-state index contributed by atoms with van der Waals surface area (Å²) < 4.78 is 5.45. The molecule has 0 amide bonds. The number of rotatable bonds is 8. The lowest BCUT2D eigenvalue weighted by Crippen LogP contribution is -2.33. The van der Waals surface area contributed by atoms with Gasteiger partial charge in [0.25, 0.3) is 0 Å². The zero-order valence-electron chi connectivity index (χ0n) is 10.2. The molecule has 2 fully saturated rings. The summed E-state index contributed by atoms with van der Waals surface area (Å²) in [5, 5.41) is 13.0. The zero-order chi connectivity index (χ0) is 11.2. The highest BCUT2D eigenvalue weighted by Crippen LogP contribution is 2.28. The molecule has 2 aliphatic carbocycles. The van der Waals surface area contributed by atoms with Crippen LogP contribution in [0.4, 0.5) is 0 Å². The van der Waals surface area contributed by atoms with Crippen LogP contribution < -0.4 is 5.32 Å². The number of ether oxygens (including phenoxy) is 1. The second kappa shape index (κ2) is 6.58. The summed E-state index contributed by atoms with van der Waals surface area (Å²) >= 11 is 0. The van der Waals surface area contributed by atoms with E-state index in [9.17, 15) is 5.11 Å². The molecule has 2 aliphatic rings. The highest BCUT2D eigenvalue weighted by molar-refractivity contribution is 4.73.